The second-order valence-corrected chi connectivity index (χ2v) is 7.15. The monoisotopic (exact) mass is 327 g/mol. The molecule has 0 bridgehead atoms. The van der Waals surface area contributed by atoms with Crippen LogP contribution in [0, 0.1) is 0 Å². The van der Waals surface area contributed by atoms with Gasteiger partial charge in [0.05, 0.1) is 4.34 Å². The maximum absolute atomic E-state index is 6.00. The van der Waals surface area contributed by atoms with Crippen LogP contribution < -0.4 is 10.1 Å². The number of thiophene rings is 1. The lowest BCUT2D eigenvalue weighted by molar-refractivity contribution is 0.223. The van der Waals surface area contributed by atoms with Gasteiger partial charge in [-0.25, -0.2) is 0 Å². The highest BCUT2D eigenvalue weighted by Gasteiger charge is 2.23. The summed E-state index contributed by atoms with van der Waals surface area (Å²) in [5.41, 5.74) is 1.19. The molecule has 0 amide bonds. The van der Waals surface area contributed by atoms with Crippen LogP contribution in [-0.4, -0.2) is 12.6 Å². The molecule has 2 aromatic rings. The van der Waals surface area contributed by atoms with Gasteiger partial charge in [0, 0.05) is 28.9 Å². The fraction of sp³-hybridized carbons (Fsp3) is 0.333. The van der Waals surface area contributed by atoms with Gasteiger partial charge in [-0.1, -0.05) is 23.2 Å². The lowest BCUT2D eigenvalue weighted by atomic mass is 10.1. The maximum Gasteiger partial charge on any atom is 0.123 e. The Hall–Kier alpha value is -0.740. The fourth-order valence-corrected chi connectivity index (χ4v) is 3.66. The molecule has 0 aliphatic carbocycles. The molecule has 0 spiro atoms. The van der Waals surface area contributed by atoms with Crippen LogP contribution in [0.15, 0.2) is 30.3 Å². The summed E-state index contributed by atoms with van der Waals surface area (Å²) in [5.74, 6) is 0.952. The van der Waals surface area contributed by atoms with E-state index >= 15 is 0 Å². The molecule has 1 aromatic carbocycles. The summed E-state index contributed by atoms with van der Waals surface area (Å²) in [6.45, 7) is 2.95. The minimum Gasteiger partial charge on any atom is -0.488 e. The topological polar surface area (TPSA) is 21.3 Å². The molecule has 1 aromatic heterocycles. The third-order valence-electron chi connectivity index (χ3n) is 3.44. The summed E-state index contributed by atoms with van der Waals surface area (Å²) in [5, 5.41) is 4.26. The van der Waals surface area contributed by atoms with Crippen LogP contribution in [0.25, 0.3) is 0 Å². The summed E-state index contributed by atoms with van der Waals surface area (Å²) >= 11 is 13.6. The van der Waals surface area contributed by atoms with Crippen LogP contribution in [0.3, 0.4) is 0 Å². The first kappa shape index (κ1) is 14.2. The smallest absolute Gasteiger partial charge is 0.123 e. The summed E-state index contributed by atoms with van der Waals surface area (Å²) in [6.07, 6.45) is 1.07. The van der Waals surface area contributed by atoms with Crippen molar-refractivity contribution in [3.8, 4) is 5.75 Å². The first-order valence-electron chi connectivity index (χ1n) is 6.55. The van der Waals surface area contributed by atoms with E-state index in [1.807, 2.05) is 24.3 Å². The molecular weight excluding hydrogens is 313 g/mol. The van der Waals surface area contributed by atoms with E-state index in [-0.39, 0.29) is 12.1 Å². The average molecular weight is 328 g/mol. The van der Waals surface area contributed by atoms with Crippen molar-refractivity contribution >= 4 is 34.5 Å². The van der Waals surface area contributed by atoms with E-state index in [0.717, 1.165) is 28.1 Å². The molecule has 3 rings (SSSR count). The van der Waals surface area contributed by atoms with Gasteiger partial charge in [-0.2, -0.15) is 0 Å². The Labute approximate surface area is 132 Å². The van der Waals surface area contributed by atoms with Crippen molar-refractivity contribution < 1.29 is 4.74 Å². The van der Waals surface area contributed by atoms with Gasteiger partial charge < -0.3 is 10.1 Å². The molecule has 5 heteroatoms. The number of hydrogen-bond acceptors (Lipinski definition) is 3. The van der Waals surface area contributed by atoms with Crippen LogP contribution in [0.5, 0.6) is 5.75 Å². The zero-order valence-corrected chi connectivity index (χ0v) is 13.4. The largest absolute Gasteiger partial charge is 0.488 e. The second kappa shape index (κ2) is 5.94. The number of rotatable bonds is 4. The van der Waals surface area contributed by atoms with Crippen LogP contribution >= 0.6 is 34.5 Å². The maximum atomic E-state index is 6.00. The van der Waals surface area contributed by atoms with Gasteiger partial charge in [0.25, 0.3) is 0 Å². The van der Waals surface area contributed by atoms with E-state index < -0.39 is 0 Å². The van der Waals surface area contributed by atoms with Crippen LogP contribution in [-0.2, 0) is 6.42 Å². The number of hydrogen-bond donors (Lipinski definition) is 1. The quantitative estimate of drug-likeness (QED) is 0.878. The van der Waals surface area contributed by atoms with Crippen molar-refractivity contribution in [1.29, 1.82) is 0 Å². The molecular formula is C15H15Cl2NOS. The van der Waals surface area contributed by atoms with E-state index in [0.29, 0.717) is 0 Å². The van der Waals surface area contributed by atoms with Crippen molar-refractivity contribution in [3.05, 3.63) is 50.1 Å². The minimum absolute atomic E-state index is 0.168. The van der Waals surface area contributed by atoms with E-state index in [1.165, 1.54) is 10.4 Å². The molecule has 0 saturated heterocycles. The minimum atomic E-state index is 0.168. The van der Waals surface area contributed by atoms with Gasteiger partial charge >= 0.3 is 0 Å². The van der Waals surface area contributed by atoms with Gasteiger partial charge in [0.1, 0.15) is 11.9 Å². The first-order valence-corrected chi connectivity index (χ1v) is 8.13. The van der Waals surface area contributed by atoms with Crippen molar-refractivity contribution in [2.45, 2.75) is 25.5 Å². The Morgan fingerprint density at radius 3 is 2.95 bits per heavy atom. The van der Waals surface area contributed by atoms with E-state index in [4.69, 9.17) is 27.9 Å². The summed E-state index contributed by atoms with van der Waals surface area (Å²) in [4.78, 5) is 1.24. The van der Waals surface area contributed by atoms with Gasteiger partial charge in [0.15, 0.2) is 0 Å². The Kier molecular flexibility index (Phi) is 4.22. The Balaban J connectivity index is 1.56. The van der Waals surface area contributed by atoms with Crippen LogP contribution in [0.2, 0.25) is 9.36 Å². The number of fused-ring (bicyclic) bond motifs is 1. The molecule has 20 heavy (non-hydrogen) atoms. The van der Waals surface area contributed by atoms with Gasteiger partial charge in [-0.3, -0.25) is 0 Å². The predicted molar refractivity (Wildman–Crippen MR) is 85.3 cm³/mol. The molecule has 0 fully saturated rings. The molecule has 2 nitrogen and oxygen atoms in total. The van der Waals surface area contributed by atoms with Gasteiger partial charge in [-0.05, 0) is 42.8 Å². The highest BCUT2D eigenvalue weighted by atomic mass is 35.5. The van der Waals surface area contributed by atoms with E-state index in [1.54, 1.807) is 11.3 Å². The average Bonchev–Trinajstić information content (AvgIpc) is 3.01. The first-order chi connectivity index (χ1) is 9.61. The lowest BCUT2D eigenvalue weighted by Crippen LogP contribution is -2.31. The normalized spacial score (nSPS) is 18.6. The molecule has 0 saturated carbocycles. The standard InChI is InChI=1S/C15H15Cl2NOS/c1-9(14-4-5-15(17)20-14)18-8-12-7-10-6-11(16)2-3-13(10)19-12/h2-6,9,12,18H,7-8H2,1H3. The lowest BCUT2D eigenvalue weighted by Gasteiger charge is -2.16. The predicted octanol–water partition coefficient (Wildman–Crippen LogP) is 4.71. The highest BCUT2D eigenvalue weighted by molar-refractivity contribution is 7.16. The van der Waals surface area contributed by atoms with Gasteiger partial charge in [-0.15, -0.1) is 11.3 Å². The third-order valence-corrected chi connectivity index (χ3v) is 5.09. The molecule has 2 heterocycles. The van der Waals surface area contributed by atoms with Crippen molar-refractivity contribution in [2.24, 2.45) is 0 Å². The summed E-state index contributed by atoms with van der Waals surface area (Å²) in [6, 6.07) is 10.1. The number of nitrogens with one attached hydrogen (secondary N) is 1. The summed E-state index contributed by atoms with van der Waals surface area (Å²) in [7, 11) is 0. The molecule has 1 N–H and O–H groups in total. The number of ether oxygens (including phenoxy) is 1. The Morgan fingerprint density at radius 1 is 1.35 bits per heavy atom. The molecule has 1 aliphatic heterocycles. The van der Waals surface area contributed by atoms with Crippen LogP contribution in [0.4, 0.5) is 0 Å². The molecule has 0 radical (unpaired) electrons. The fourth-order valence-electron chi connectivity index (χ4n) is 2.37. The zero-order valence-electron chi connectivity index (χ0n) is 11.0. The third kappa shape index (κ3) is 3.12. The summed E-state index contributed by atoms with van der Waals surface area (Å²) < 4.78 is 6.74. The van der Waals surface area contributed by atoms with Crippen molar-refractivity contribution in [1.82, 2.24) is 5.32 Å². The number of benzene rings is 1. The SMILES string of the molecule is CC(NCC1Cc2cc(Cl)ccc2O1)c1ccc(Cl)s1. The molecule has 2 atom stereocenters. The Bertz CT molecular complexity index is 614. The Morgan fingerprint density at radius 2 is 2.20 bits per heavy atom. The molecule has 106 valence electrons. The van der Waals surface area contributed by atoms with E-state index in [9.17, 15) is 0 Å². The van der Waals surface area contributed by atoms with Gasteiger partial charge in [0.2, 0.25) is 0 Å². The van der Waals surface area contributed by atoms with Crippen LogP contribution in [0.1, 0.15) is 23.4 Å². The van der Waals surface area contributed by atoms with E-state index in [2.05, 4.69) is 18.3 Å². The highest BCUT2D eigenvalue weighted by Crippen LogP contribution is 2.31. The number of halogens is 2. The van der Waals surface area contributed by atoms with Crippen molar-refractivity contribution in [3.63, 3.8) is 0 Å². The van der Waals surface area contributed by atoms with Crippen molar-refractivity contribution in [2.75, 3.05) is 6.54 Å². The second-order valence-electron chi connectivity index (χ2n) is 4.97. The zero-order chi connectivity index (χ0) is 14.1. The molecule has 1 aliphatic rings. The molecule has 2 unspecified atom stereocenters.